The van der Waals surface area contributed by atoms with Gasteiger partial charge in [0.1, 0.15) is 0 Å². The second-order valence-electron chi connectivity index (χ2n) is 4.88. The topological polar surface area (TPSA) is 51.5 Å². The van der Waals surface area contributed by atoms with Crippen molar-refractivity contribution < 1.29 is 4.74 Å². The van der Waals surface area contributed by atoms with Gasteiger partial charge in [0.05, 0.1) is 12.1 Å². The molecule has 1 aliphatic heterocycles. The Morgan fingerprint density at radius 3 is 3.17 bits per heavy atom. The third kappa shape index (κ3) is 2.06. The van der Waals surface area contributed by atoms with Crippen molar-refractivity contribution in [3.63, 3.8) is 0 Å². The second kappa shape index (κ2) is 4.57. The average Bonchev–Trinajstić information content (AvgIpc) is 2.97. The second-order valence-corrected chi connectivity index (χ2v) is 4.88. The van der Waals surface area contributed by atoms with E-state index >= 15 is 0 Å². The van der Waals surface area contributed by atoms with Crippen LogP contribution in [-0.2, 0) is 4.74 Å². The van der Waals surface area contributed by atoms with E-state index in [0.717, 1.165) is 30.7 Å². The predicted molar refractivity (Wildman–Crippen MR) is 69.8 cm³/mol. The van der Waals surface area contributed by atoms with Crippen molar-refractivity contribution in [2.75, 3.05) is 11.9 Å². The summed E-state index contributed by atoms with van der Waals surface area (Å²) in [4.78, 5) is 4.51. The minimum Gasteiger partial charge on any atom is -0.376 e. The third-order valence-corrected chi connectivity index (χ3v) is 3.44. The minimum absolute atomic E-state index is 0.241. The van der Waals surface area contributed by atoms with Crippen LogP contribution < -0.4 is 5.32 Å². The van der Waals surface area contributed by atoms with Crippen molar-refractivity contribution in [1.29, 1.82) is 0 Å². The molecule has 0 spiro atoms. The van der Waals surface area contributed by atoms with E-state index in [0.29, 0.717) is 5.95 Å². The normalized spacial score (nSPS) is 21.3. The molecule has 0 aromatic carbocycles. The maximum absolute atomic E-state index is 5.66. The van der Waals surface area contributed by atoms with E-state index in [9.17, 15) is 0 Å². The van der Waals surface area contributed by atoms with Crippen LogP contribution in [0.5, 0.6) is 0 Å². The Hall–Kier alpha value is -1.62. The van der Waals surface area contributed by atoms with Crippen molar-refractivity contribution in [1.82, 2.24) is 14.6 Å². The molecule has 96 valence electrons. The van der Waals surface area contributed by atoms with Crippen LogP contribution in [0.2, 0.25) is 0 Å². The van der Waals surface area contributed by atoms with Gasteiger partial charge in [-0.2, -0.15) is 4.98 Å². The fourth-order valence-corrected chi connectivity index (χ4v) is 2.39. The van der Waals surface area contributed by atoms with Gasteiger partial charge in [0.15, 0.2) is 5.65 Å². The van der Waals surface area contributed by atoms with E-state index in [1.54, 1.807) is 4.52 Å². The number of nitrogens with zero attached hydrogens (tertiary/aromatic N) is 3. The van der Waals surface area contributed by atoms with Gasteiger partial charge in [0.2, 0.25) is 5.95 Å². The minimum atomic E-state index is 0.241. The van der Waals surface area contributed by atoms with Gasteiger partial charge in [-0.15, -0.1) is 5.10 Å². The first-order chi connectivity index (χ1) is 8.74. The lowest BCUT2D eigenvalue weighted by Crippen LogP contribution is -2.30. The molecule has 1 saturated heterocycles. The molecule has 5 heteroatoms. The number of pyridine rings is 1. The molecule has 3 rings (SSSR count). The highest BCUT2D eigenvalue weighted by molar-refractivity contribution is 5.49. The molecule has 2 atom stereocenters. The van der Waals surface area contributed by atoms with Crippen LogP contribution in [0, 0.1) is 6.92 Å². The first-order valence-electron chi connectivity index (χ1n) is 6.44. The molecule has 18 heavy (non-hydrogen) atoms. The summed E-state index contributed by atoms with van der Waals surface area (Å²) in [7, 11) is 0. The van der Waals surface area contributed by atoms with Crippen molar-refractivity contribution >= 4 is 11.6 Å². The molecule has 3 heterocycles. The lowest BCUT2D eigenvalue weighted by molar-refractivity contribution is 0.0994. The number of anilines is 1. The fraction of sp³-hybridized carbons (Fsp3) is 0.538. The first-order valence-corrected chi connectivity index (χ1v) is 6.44. The Kier molecular flexibility index (Phi) is 2.91. The summed E-state index contributed by atoms with van der Waals surface area (Å²) in [5, 5.41) is 7.76. The molecule has 2 unspecified atom stereocenters. The summed E-state index contributed by atoms with van der Waals surface area (Å²) < 4.78 is 7.47. The van der Waals surface area contributed by atoms with Crippen LogP contribution in [0.25, 0.3) is 5.65 Å². The molecule has 0 radical (unpaired) electrons. The van der Waals surface area contributed by atoms with Crippen LogP contribution in [0.3, 0.4) is 0 Å². The lowest BCUT2D eigenvalue weighted by Gasteiger charge is -2.18. The molecule has 1 N–H and O–H groups in total. The standard InChI is InChI=1S/C13H18N4O/c1-9-5-3-7-17-12(9)15-13(16-17)14-10(2)11-6-4-8-18-11/h3,5,7,10-11H,4,6,8H2,1-2H3,(H,14,16). The Morgan fingerprint density at radius 2 is 2.44 bits per heavy atom. The van der Waals surface area contributed by atoms with E-state index in [1.165, 1.54) is 0 Å². The maximum Gasteiger partial charge on any atom is 0.243 e. The number of nitrogens with one attached hydrogen (secondary N) is 1. The molecular formula is C13H18N4O. The quantitative estimate of drug-likeness (QED) is 0.900. The number of hydrogen-bond donors (Lipinski definition) is 1. The fourth-order valence-electron chi connectivity index (χ4n) is 2.39. The molecule has 2 aromatic heterocycles. The van der Waals surface area contributed by atoms with E-state index < -0.39 is 0 Å². The Bertz CT molecular complexity index is 545. The number of hydrogen-bond acceptors (Lipinski definition) is 4. The zero-order chi connectivity index (χ0) is 12.5. The molecule has 1 fully saturated rings. The first kappa shape index (κ1) is 11.5. The number of fused-ring (bicyclic) bond motifs is 1. The van der Waals surface area contributed by atoms with Gasteiger partial charge in [-0.1, -0.05) is 6.07 Å². The summed E-state index contributed by atoms with van der Waals surface area (Å²) in [6.45, 7) is 5.03. The van der Waals surface area contributed by atoms with Crippen molar-refractivity contribution in [2.24, 2.45) is 0 Å². The molecule has 0 bridgehead atoms. The van der Waals surface area contributed by atoms with Crippen molar-refractivity contribution in [3.8, 4) is 0 Å². The van der Waals surface area contributed by atoms with Gasteiger partial charge in [0.25, 0.3) is 0 Å². The summed E-state index contributed by atoms with van der Waals surface area (Å²) in [6.07, 6.45) is 4.45. The van der Waals surface area contributed by atoms with Crippen molar-refractivity contribution in [3.05, 3.63) is 23.9 Å². The van der Waals surface area contributed by atoms with Gasteiger partial charge in [-0.05, 0) is 38.3 Å². The van der Waals surface area contributed by atoms with Crippen LogP contribution in [-0.4, -0.2) is 33.4 Å². The highest BCUT2D eigenvalue weighted by atomic mass is 16.5. The Balaban J connectivity index is 1.80. The number of aromatic nitrogens is 3. The van der Waals surface area contributed by atoms with E-state index in [4.69, 9.17) is 4.74 Å². The summed E-state index contributed by atoms with van der Waals surface area (Å²) in [5.41, 5.74) is 2.03. The Labute approximate surface area is 106 Å². The van der Waals surface area contributed by atoms with Crippen LogP contribution in [0.15, 0.2) is 18.3 Å². The predicted octanol–water partition coefficient (Wildman–Crippen LogP) is 2.02. The van der Waals surface area contributed by atoms with Gasteiger partial charge in [-0.3, -0.25) is 0 Å². The molecule has 0 amide bonds. The summed E-state index contributed by atoms with van der Waals surface area (Å²) in [5.74, 6) is 0.673. The van der Waals surface area contributed by atoms with Crippen molar-refractivity contribution in [2.45, 2.75) is 38.8 Å². The van der Waals surface area contributed by atoms with Gasteiger partial charge < -0.3 is 10.1 Å². The van der Waals surface area contributed by atoms with Gasteiger partial charge in [0, 0.05) is 12.8 Å². The van der Waals surface area contributed by atoms with Crippen LogP contribution in [0.4, 0.5) is 5.95 Å². The lowest BCUT2D eigenvalue weighted by atomic mass is 10.1. The zero-order valence-electron chi connectivity index (χ0n) is 10.8. The van der Waals surface area contributed by atoms with Crippen LogP contribution >= 0.6 is 0 Å². The van der Waals surface area contributed by atoms with Gasteiger partial charge >= 0.3 is 0 Å². The highest BCUT2D eigenvalue weighted by Gasteiger charge is 2.23. The largest absolute Gasteiger partial charge is 0.376 e. The number of aryl methyl sites for hydroxylation is 1. The molecule has 2 aromatic rings. The molecule has 0 aliphatic carbocycles. The van der Waals surface area contributed by atoms with E-state index in [2.05, 4.69) is 22.3 Å². The summed E-state index contributed by atoms with van der Waals surface area (Å²) in [6, 6.07) is 4.26. The zero-order valence-corrected chi connectivity index (χ0v) is 10.8. The van der Waals surface area contributed by atoms with E-state index in [1.807, 2.05) is 25.3 Å². The van der Waals surface area contributed by atoms with Gasteiger partial charge in [-0.25, -0.2) is 4.52 Å². The highest BCUT2D eigenvalue weighted by Crippen LogP contribution is 2.18. The smallest absolute Gasteiger partial charge is 0.243 e. The number of ether oxygens (including phenoxy) is 1. The van der Waals surface area contributed by atoms with E-state index in [-0.39, 0.29) is 12.1 Å². The average molecular weight is 246 g/mol. The monoisotopic (exact) mass is 246 g/mol. The maximum atomic E-state index is 5.66. The summed E-state index contributed by atoms with van der Waals surface area (Å²) >= 11 is 0. The molecular weight excluding hydrogens is 228 g/mol. The Morgan fingerprint density at radius 1 is 1.56 bits per heavy atom. The third-order valence-electron chi connectivity index (χ3n) is 3.44. The van der Waals surface area contributed by atoms with Crippen LogP contribution in [0.1, 0.15) is 25.3 Å². The molecule has 0 saturated carbocycles. The number of rotatable bonds is 3. The molecule has 5 nitrogen and oxygen atoms in total. The SMILES string of the molecule is Cc1cccn2nc(NC(C)C3CCCO3)nc12. The molecule has 1 aliphatic rings.